The molecule has 6 heteroatoms. The molecule has 0 aromatic rings. The summed E-state index contributed by atoms with van der Waals surface area (Å²) in [4.78, 5) is 22.7. The zero-order valence-corrected chi connectivity index (χ0v) is 10.4. The maximum Gasteiger partial charge on any atom is 0.323 e. The van der Waals surface area contributed by atoms with Crippen LogP contribution < -0.4 is 10.6 Å². The van der Waals surface area contributed by atoms with Gasteiger partial charge in [0.2, 0.25) is 5.91 Å². The lowest BCUT2D eigenvalue weighted by atomic mass is 9.77. The molecule has 0 bridgehead atoms. The standard InChI is InChI=1S/C12H20N2O4/c15-10(13-7-9-3-1-6-18-9)8-14-12(11(16)17)4-2-5-12/h9,14H,1-8H2,(H,13,15)(H,16,17). The molecule has 1 amide bonds. The molecule has 1 saturated carbocycles. The molecule has 1 heterocycles. The van der Waals surface area contributed by atoms with Gasteiger partial charge in [-0.15, -0.1) is 0 Å². The number of rotatable bonds is 6. The first kappa shape index (κ1) is 13.3. The third-order valence-corrected chi connectivity index (χ3v) is 3.75. The van der Waals surface area contributed by atoms with Crippen molar-refractivity contribution in [3.05, 3.63) is 0 Å². The van der Waals surface area contributed by atoms with E-state index in [0.717, 1.165) is 25.9 Å². The van der Waals surface area contributed by atoms with Crippen LogP contribution in [0.4, 0.5) is 0 Å². The summed E-state index contributed by atoms with van der Waals surface area (Å²) >= 11 is 0. The Hall–Kier alpha value is -1.14. The maximum atomic E-state index is 11.6. The Morgan fingerprint density at radius 2 is 2.11 bits per heavy atom. The van der Waals surface area contributed by atoms with Crippen LogP contribution in [0.3, 0.4) is 0 Å². The zero-order chi connectivity index (χ0) is 13.0. The number of carbonyl (C=O) groups excluding carboxylic acids is 1. The van der Waals surface area contributed by atoms with Gasteiger partial charge in [-0.3, -0.25) is 14.9 Å². The highest BCUT2D eigenvalue weighted by Gasteiger charge is 2.44. The molecule has 18 heavy (non-hydrogen) atoms. The van der Waals surface area contributed by atoms with E-state index in [4.69, 9.17) is 9.84 Å². The van der Waals surface area contributed by atoms with Crippen LogP contribution in [0.25, 0.3) is 0 Å². The first-order chi connectivity index (χ1) is 8.62. The molecular weight excluding hydrogens is 236 g/mol. The minimum absolute atomic E-state index is 0.0546. The van der Waals surface area contributed by atoms with E-state index in [2.05, 4.69) is 10.6 Å². The third-order valence-electron chi connectivity index (χ3n) is 3.75. The summed E-state index contributed by atoms with van der Waals surface area (Å²) in [5.41, 5.74) is -0.874. The minimum atomic E-state index is -0.874. The van der Waals surface area contributed by atoms with Gasteiger partial charge in [-0.1, -0.05) is 0 Å². The Balaban J connectivity index is 1.66. The summed E-state index contributed by atoms with van der Waals surface area (Å²) in [5.74, 6) is -1.03. The highest BCUT2D eigenvalue weighted by molar-refractivity contribution is 5.83. The number of carboxylic acids is 1. The van der Waals surface area contributed by atoms with Crippen molar-refractivity contribution in [2.75, 3.05) is 19.7 Å². The van der Waals surface area contributed by atoms with Crippen LogP contribution in [0.5, 0.6) is 0 Å². The lowest BCUT2D eigenvalue weighted by molar-refractivity contribution is -0.149. The fourth-order valence-electron chi connectivity index (χ4n) is 2.34. The van der Waals surface area contributed by atoms with Crippen molar-refractivity contribution in [3.63, 3.8) is 0 Å². The summed E-state index contributed by atoms with van der Waals surface area (Å²) in [6.07, 6.45) is 4.24. The fourth-order valence-corrected chi connectivity index (χ4v) is 2.34. The van der Waals surface area contributed by atoms with Gasteiger partial charge in [-0.2, -0.15) is 0 Å². The molecule has 2 rings (SSSR count). The Bertz CT molecular complexity index is 322. The van der Waals surface area contributed by atoms with Gasteiger partial charge < -0.3 is 15.2 Å². The molecule has 1 aliphatic carbocycles. The van der Waals surface area contributed by atoms with Gasteiger partial charge in [-0.25, -0.2) is 0 Å². The van der Waals surface area contributed by atoms with Crippen molar-refractivity contribution >= 4 is 11.9 Å². The molecule has 0 aromatic carbocycles. The van der Waals surface area contributed by atoms with E-state index in [1.165, 1.54) is 0 Å². The molecular formula is C12H20N2O4. The molecule has 0 aromatic heterocycles. The molecule has 3 N–H and O–H groups in total. The van der Waals surface area contributed by atoms with E-state index in [-0.39, 0.29) is 18.6 Å². The highest BCUT2D eigenvalue weighted by Crippen LogP contribution is 2.31. The largest absolute Gasteiger partial charge is 0.480 e. The van der Waals surface area contributed by atoms with Crippen molar-refractivity contribution in [1.82, 2.24) is 10.6 Å². The van der Waals surface area contributed by atoms with Crippen LogP contribution in [0.1, 0.15) is 32.1 Å². The van der Waals surface area contributed by atoms with Crippen molar-refractivity contribution in [3.8, 4) is 0 Å². The molecule has 1 unspecified atom stereocenters. The number of ether oxygens (including phenoxy) is 1. The highest BCUT2D eigenvalue weighted by atomic mass is 16.5. The number of aliphatic carboxylic acids is 1. The SMILES string of the molecule is O=C(CNC1(C(=O)O)CCC1)NCC1CCCO1. The summed E-state index contributed by atoms with van der Waals surface area (Å²) in [6.45, 7) is 1.33. The van der Waals surface area contributed by atoms with Gasteiger partial charge in [0, 0.05) is 13.2 Å². The van der Waals surface area contributed by atoms with Crippen LogP contribution in [0.15, 0.2) is 0 Å². The number of carbonyl (C=O) groups is 2. The number of hydrogen-bond acceptors (Lipinski definition) is 4. The van der Waals surface area contributed by atoms with Gasteiger partial charge in [0.25, 0.3) is 0 Å². The summed E-state index contributed by atoms with van der Waals surface area (Å²) in [5, 5.41) is 14.7. The average Bonchev–Trinajstić information content (AvgIpc) is 2.77. The number of nitrogens with one attached hydrogen (secondary N) is 2. The minimum Gasteiger partial charge on any atom is -0.480 e. The second kappa shape index (κ2) is 5.67. The van der Waals surface area contributed by atoms with Crippen molar-refractivity contribution in [2.24, 2.45) is 0 Å². The second-order valence-corrected chi connectivity index (χ2v) is 5.03. The van der Waals surface area contributed by atoms with E-state index in [1.807, 2.05) is 0 Å². The van der Waals surface area contributed by atoms with E-state index < -0.39 is 11.5 Å². The van der Waals surface area contributed by atoms with Gasteiger partial charge in [0.05, 0.1) is 12.6 Å². The Morgan fingerprint density at radius 1 is 1.33 bits per heavy atom. The normalized spacial score (nSPS) is 25.4. The van der Waals surface area contributed by atoms with E-state index in [9.17, 15) is 9.59 Å². The van der Waals surface area contributed by atoms with Crippen molar-refractivity contribution in [1.29, 1.82) is 0 Å². The van der Waals surface area contributed by atoms with Crippen LogP contribution in [-0.2, 0) is 14.3 Å². The summed E-state index contributed by atoms with van der Waals surface area (Å²) in [7, 11) is 0. The van der Waals surface area contributed by atoms with Crippen molar-refractivity contribution < 1.29 is 19.4 Å². The van der Waals surface area contributed by atoms with Crippen LogP contribution in [0, 0.1) is 0 Å². The number of amides is 1. The Morgan fingerprint density at radius 3 is 2.61 bits per heavy atom. The van der Waals surface area contributed by atoms with Crippen LogP contribution in [-0.4, -0.2) is 48.3 Å². The molecule has 2 fully saturated rings. The lowest BCUT2D eigenvalue weighted by Crippen LogP contribution is -2.59. The molecule has 1 saturated heterocycles. The topological polar surface area (TPSA) is 87.7 Å². The van der Waals surface area contributed by atoms with E-state index in [1.54, 1.807) is 0 Å². The molecule has 1 atom stereocenters. The first-order valence-electron chi connectivity index (χ1n) is 6.49. The molecule has 2 aliphatic rings. The molecule has 102 valence electrons. The monoisotopic (exact) mass is 256 g/mol. The number of hydrogen-bond donors (Lipinski definition) is 3. The third kappa shape index (κ3) is 3.00. The smallest absolute Gasteiger partial charge is 0.323 e. The Kier molecular flexibility index (Phi) is 4.19. The quantitative estimate of drug-likeness (QED) is 0.616. The van der Waals surface area contributed by atoms with E-state index >= 15 is 0 Å². The molecule has 6 nitrogen and oxygen atoms in total. The fraction of sp³-hybridized carbons (Fsp3) is 0.833. The van der Waals surface area contributed by atoms with Crippen LogP contribution in [0.2, 0.25) is 0 Å². The Labute approximate surface area is 106 Å². The van der Waals surface area contributed by atoms with Crippen LogP contribution >= 0.6 is 0 Å². The average molecular weight is 256 g/mol. The predicted octanol–water partition coefficient (Wildman–Crippen LogP) is -0.121. The number of carboxylic acid groups (broad SMARTS) is 1. The summed E-state index contributed by atoms with van der Waals surface area (Å²) in [6, 6.07) is 0. The second-order valence-electron chi connectivity index (χ2n) is 5.03. The molecule has 0 radical (unpaired) electrons. The molecule has 0 spiro atoms. The summed E-state index contributed by atoms with van der Waals surface area (Å²) < 4.78 is 5.39. The predicted molar refractivity (Wildman–Crippen MR) is 64.2 cm³/mol. The first-order valence-corrected chi connectivity index (χ1v) is 6.49. The van der Waals surface area contributed by atoms with E-state index in [0.29, 0.717) is 19.4 Å². The van der Waals surface area contributed by atoms with Gasteiger partial charge in [0.1, 0.15) is 5.54 Å². The van der Waals surface area contributed by atoms with Gasteiger partial charge in [-0.05, 0) is 32.1 Å². The van der Waals surface area contributed by atoms with Crippen molar-refractivity contribution in [2.45, 2.75) is 43.7 Å². The zero-order valence-electron chi connectivity index (χ0n) is 10.4. The maximum absolute atomic E-state index is 11.6. The van der Waals surface area contributed by atoms with Gasteiger partial charge in [0.15, 0.2) is 0 Å². The van der Waals surface area contributed by atoms with Gasteiger partial charge >= 0.3 is 5.97 Å². The molecule has 1 aliphatic heterocycles. The lowest BCUT2D eigenvalue weighted by Gasteiger charge is -2.38.